The first-order valence-corrected chi connectivity index (χ1v) is 16.1. The number of nitrogens with zero attached hydrogens (tertiary/aromatic N) is 3. The Balaban J connectivity index is 1.52. The number of piperazine rings is 1. The fourth-order valence-electron chi connectivity index (χ4n) is 6.16. The second-order valence-electron chi connectivity index (χ2n) is 12.4. The van der Waals surface area contributed by atoms with E-state index in [1.165, 1.54) is 12.1 Å². The standard InChI is InChI=1S/C32H46FN7O5/c1-6-24-29(39-45-38-24)31(43)37-28(21-10-8-18(3)9-11-21)30(42)35-25-13-12-22(16-23(25)33)20(5)27(36-26(41)7-2)32(44)40-15-14-34-19(4)17-40/h12-13,16,18-21,27-28,34H,6-11,14-15,17H2,1-5H3,(H,35,42)(H,36,41)(H,37,43)/t18?,19-,20+,21?,27-,28+/m1/s1. The van der Waals surface area contributed by atoms with Crippen molar-refractivity contribution in [2.75, 3.05) is 25.0 Å². The summed E-state index contributed by atoms with van der Waals surface area (Å²) in [5.41, 5.74) is 0.866. The molecule has 4 N–H and O–H groups in total. The first-order valence-electron chi connectivity index (χ1n) is 16.1. The van der Waals surface area contributed by atoms with Crippen LogP contribution in [-0.4, -0.2) is 76.6 Å². The van der Waals surface area contributed by atoms with Gasteiger partial charge in [0.25, 0.3) is 5.91 Å². The maximum atomic E-state index is 15.6. The Bertz CT molecular complexity index is 1360. The molecule has 13 heteroatoms. The monoisotopic (exact) mass is 627 g/mol. The van der Waals surface area contributed by atoms with Gasteiger partial charge in [-0.05, 0) is 60.9 Å². The first-order chi connectivity index (χ1) is 21.5. The molecule has 2 aliphatic rings. The number of nitrogens with one attached hydrogen (secondary N) is 4. The van der Waals surface area contributed by atoms with Gasteiger partial charge in [0.15, 0.2) is 5.69 Å². The van der Waals surface area contributed by atoms with Gasteiger partial charge < -0.3 is 26.2 Å². The molecule has 12 nitrogen and oxygen atoms in total. The lowest BCUT2D eigenvalue weighted by molar-refractivity contribution is -0.138. The summed E-state index contributed by atoms with van der Waals surface area (Å²) in [6, 6.07) is 2.70. The predicted octanol–water partition coefficient (Wildman–Crippen LogP) is 3.15. The Morgan fingerprint density at radius 2 is 1.82 bits per heavy atom. The average Bonchev–Trinajstić information content (AvgIpc) is 3.52. The van der Waals surface area contributed by atoms with Crippen molar-refractivity contribution in [2.45, 2.75) is 97.2 Å². The van der Waals surface area contributed by atoms with Crippen molar-refractivity contribution in [3.8, 4) is 0 Å². The molecule has 2 heterocycles. The number of amides is 4. The summed E-state index contributed by atoms with van der Waals surface area (Å²) in [5, 5.41) is 19.1. The quantitative estimate of drug-likeness (QED) is 0.296. The van der Waals surface area contributed by atoms with Crippen LogP contribution in [0.5, 0.6) is 0 Å². The first kappa shape index (κ1) is 34.0. The molecule has 1 aliphatic carbocycles. The summed E-state index contributed by atoms with van der Waals surface area (Å²) in [6.07, 6.45) is 3.94. The maximum absolute atomic E-state index is 15.6. The molecule has 4 amide bonds. The molecule has 246 valence electrons. The molecule has 2 aromatic rings. The number of anilines is 1. The van der Waals surface area contributed by atoms with Crippen LogP contribution in [0.15, 0.2) is 22.8 Å². The number of aryl methyl sites for hydroxylation is 1. The molecule has 4 rings (SSSR count). The van der Waals surface area contributed by atoms with Crippen molar-refractivity contribution in [3.05, 3.63) is 41.0 Å². The average molecular weight is 628 g/mol. The fraction of sp³-hybridized carbons (Fsp3) is 0.625. The van der Waals surface area contributed by atoms with E-state index in [-0.39, 0.29) is 41.6 Å². The summed E-state index contributed by atoms with van der Waals surface area (Å²) in [4.78, 5) is 54.4. The molecule has 0 spiro atoms. The van der Waals surface area contributed by atoms with Gasteiger partial charge in [-0.3, -0.25) is 19.2 Å². The van der Waals surface area contributed by atoms with Crippen molar-refractivity contribution >= 4 is 29.3 Å². The van der Waals surface area contributed by atoms with Crippen molar-refractivity contribution < 1.29 is 28.2 Å². The zero-order valence-corrected chi connectivity index (χ0v) is 26.8. The lowest BCUT2D eigenvalue weighted by atomic mass is 9.79. The molecule has 0 radical (unpaired) electrons. The minimum atomic E-state index is -0.919. The van der Waals surface area contributed by atoms with Gasteiger partial charge in [-0.2, -0.15) is 0 Å². The number of benzene rings is 1. The molecule has 1 saturated carbocycles. The van der Waals surface area contributed by atoms with Gasteiger partial charge in [0.2, 0.25) is 17.7 Å². The van der Waals surface area contributed by atoms with Crippen LogP contribution in [-0.2, 0) is 20.8 Å². The third-order valence-electron chi connectivity index (χ3n) is 9.07. The lowest BCUT2D eigenvalue weighted by Crippen LogP contribution is -2.57. The number of halogens is 1. The number of hydrogen-bond donors (Lipinski definition) is 4. The van der Waals surface area contributed by atoms with E-state index in [1.807, 2.05) is 13.8 Å². The summed E-state index contributed by atoms with van der Waals surface area (Å²) in [5.74, 6) is -2.44. The Labute approximate surface area is 263 Å². The van der Waals surface area contributed by atoms with Crippen LogP contribution < -0.4 is 21.3 Å². The van der Waals surface area contributed by atoms with Crippen LogP contribution in [0.3, 0.4) is 0 Å². The summed E-state index contributed by atoms with van der Waals surface area (Å²) >= 11 is 0. The van der Waals surface area contributed by atoms with Gasteiger partial charge in [-0.25, -0.2) is 9.02 Å². The van der Waals surface area contributed by atoms with Crippen molar-refractivity contribution in [3.63, 3.8) is 0 Å². The smallest absolute Gasteiger partial charge is 0.276 e. The van der Waals surface area contributed by atoms with Crippen LogP contribution in [0, 0.1) is 17.7 Å². The van der Waals surface area contributed by atoms with Gasteiger partial charge in [-0.15, -0.1) is 0 Å². The van der Waals surface area contributed by atoms with E-state index < -0.39 is 35.6 Å². The molecule has 0 bridgehead atoms. The second-order valence-corrected chi connectivity index (χ2v) is 12.4. The van der Waals surface area contributed by atoms with Crippen LogP contribution in [0.4, 0.5) is 10.1 Å². The van der Waals surface area contributed by atoms with Gasteiger partial charge in [-0.1, -0.05) is 51.8 Å². The van der Waals surface area contributed by atoms with E-state index in [4.69, 9.17) is 4.63 Å². The minimum Gasteiger partial charge on any atom is -0.344 e. The Hall–Kier alpha value is -3.87. The van der Waals surface area contributed by atoms with E-state index in [0.717, 1.165) is 25.7 Å². The zero-order valence-electron chi connectivity index (χ0n) is 26.8. The van der Waals surface area contributed by atoms with E-state index in [0.29, 0.717) is 43.2 Å². The van der Waals surface area contributed by atoms with Crippen molar-refractivity contribution in [1.82, 2.24) is 31.2 Å². The van der Waals surface area contributed by atoms with Crippen LogP contribution in [0.2, 0.25) is 0 Å². The highest BCUT2D eigenvalue weighted by Gasteiger charge is 2.36. The minimum absolute atomic E-state index is 0.0264. The molecule has 4 atom stereocenters. The topological polar surface area (TPSA) is 159 Å². The molecule has 1 aliphatic heterocycles. The summed E-state index contributed by atoms with van der Waals surface area (Å²) in [6.45, 7) is 11.1. The molecular formula is C32H46FN7O5. The van der Waals surface area contributed by atoms with Gasteiger partial charge in [0.1, 0.15) is 23.6 Å². The molecular weight excluding hydrogens is 581 g/mol. The number of aromatic nitrogens is 2. The second kappa shape index (κ2) is 15.4. The van der Waals surface area contributed by atoms with Crippen LogP contribution >= 0.6 is 0 Å². The molecule has 2 fully saturated rings. The highest BCUT2D eigenvalue weighted by atomic mass is 19.1. The summed E-state index contributed by atoms with van der Waals surface area (Å²) in [7, 11) is 0. The Kier molecular flexibility index (Phi) is 11.7. The van der Waals surface area contributed by atoms with Crippen molar-refractivity contribution in [2.24, 2.45) is 11.8 Å². The van der Waals surface area contributed by atoms with E-state index >= 15 is 4.39 Å². The summed E-state index contributed by atoms with van der Waals surface area (Å²) < 4.78 is 20.3. The SMILES string of the molecule is CCC(=O)N[C@@H](C(=O)N1CCN[C@H](C)C1)[C@@H](C)c1ccc(NC(=O)[C@@H](NC(=O)c2nonc2CC)C2CCC(C)CC2)c(F)c1. The van der Waals surface area contributed by atoms with Crippen LogP contribution in [0.1, 0.15) is 94.4 Å². The normalized spacial score (nSPS) is 22.2. The molecule has 1 aromatic carbocycles. The lowest BCUT2D eigenvalue weighted by Gasteiger charge is -2.36. The molecule has 45 heavy (non-hydrogen) atoms. The number of carbonyl (C=O) groups excluding carboxylic acids is 4. The fourth-order valence-corrected chi connectivity index (χ4v) is 6.16. The molecule has 1 aromatic heterocycles. The number of carbonyl (C=O) groups is 4. The third-order valence-corrected chi connectivity index (χ3v) is 9.07. The van der Waals surface area contributed by atoms with E-state index in [1.54, 1.807) is 24.8 Å². The molecule has 1 saturated heterocycles. The Morgan fingerprint density at radius 1 is 1.09 bits per heavy atom. The third kappa shape index (κ3) is 8.44. The van der Waals surface area contributed by atoms with E-state index in [9.17, 15) is 19.2 Å². The largest absolute Gasteiger partial charge is 0.344 e. The maximum Gasteiger partial charge on any atom is 0.276 e. The van der Waals surface area contributed by atoms with Gasteiger partial charge in [0, 0.05) is 38.0 Å². The van der Waals surface area contributed by atoms with Crippen LogP contribution in [0.25, 0.3) is 0 Å². The molecule has 0 unspecified atom stereocenters. The highest BCUT2D eigenvalue weighted by molar-refractivity contribution is 6.01. The highest BCUT2D eigenvalue weighted by Crippen LogP contribution is 2.32. The predicted molar refractivity (Wildman–Crippen MR) is 166 cm³/mol. The van der Waals surface area contributed by atoms with Gasteiger partial charge in [0.05, 0.1) is 5.69 Å². The van der Waals surface area contributed by atoms with Gasteiger partial charge >= 0.3 is 0 Å². The van der Waals surface area contributed by atoms with Crippen molar-refractivity contribution in [1.29, 1.82) is 0 Å². The zero-order chi connectivity index (χ0) is 32.7. The number of hydrogen-bond acceptors (Lipinski definition) is 8. The Morgan fingerprint density at radius 3 is 2.47 bits per heavy atom. The number of rotatable bonds is 11. The van der Waals surface area contributed by atoms with E-state index in [2.05, 4.69) is 38.5 Å².